The van der Waals surface area contributed by atoms with E-state index in [0.29, 0.717) is 12.3 Å². The van der Waals surface area contributed by atoms with Gasteiger partial charge in [0.1, 0.15) is 5.58 Å². The summed E-state index contributed by atoms with van der Waals surface area (Å²) < 4.78 is 6.56. The topological polar surface area (TPSA) is 42.2 Å². The van der Waals surface area contributed by atoms with Crippen LogP contribution in [0.1, 0.15) is 15.4 Å². The maximum absolute atomic E-state index is 12.0. The zero-order valence-electron chi connectivity index (χ0n) is 9.85. The van der Waals surface area contributed by atoms with E-state index in [4.69, 9.17) is 4.42 Å². The van der Waals surface area contributed by atoms with E-state index < -0.39 is 0 Å². The van der Waals surface area contributed by atoms with Gasteiger partial charge in [-0.3, -0.25) is 4.79 Å². The average molecular weight is 336 g/mol. The highest BCUT2D eigenvalue weighted by molar-refractivity contribution is 9.11. The summed E-state index contributed by atoms with van der Waals surface area (Å²) >= 11 is 5.00. The van der Waals surface area contributed by atoms with Gasteiger partial charge in [0.25, 0.3) is 5.91 Å². The third-order valence-electron chi connectivity index (χ3n) is 2.70. The largest absolute Gasteiger partial charge is 0.451 e. The third kappa shape index (κ3) is 2.72. The van der Waals surface area contributed by atoms with Crippen LogP contribution in [0, 0.1) is 0 Å². The molecule has 0 aliphatic heterocycles. The minimum Gasteiger partial charge on any atom is -0.451 e. The van der Waals surface area contributed by atoms with E-state index >= 15 is 0 Å². The number of amides is 1. The Balaban J connectivity index is 1.73. The Morgan fingerprint density at radius 1 is 1.26 bits per heavy atom. The van der Waals surface area contributed by atoms with E-state index in [1.54, 1.807) is 17.4 Å². The molecule has 0 atom stereocenters. The van der Waals surface area contributed by atoms with Gasteiger partial charge >= 0.3 is 0 Å². The summed E-state index contributed by atoms with van der Waals surface area (Å²) in [5.41, 5.74) is 0.728. The molecule has 1 aromatic carbocycles. The van der Waals surface area contributed by atoms with Crippen molar-refractivity contribution < 1.29 is 9.21 Å². The number of thiophene rings is 1. The molecule has 2 aromatic heterocycles. The van der Waals surface area contributed by atoms with Crippen LogP contribution in [-0.2, 0) is 6.54 Å². The first kappa shape index (κ1) is 12.4. The van der Waals surface area contributed by atoms with Crippen LogP contribution in [0.15, 0.2) is 50.7 Å². The van der Waals surface area contributed by atoms with Crippen LogP contribution >= 0.6 is 27.3 Å². The van der Waals surface area contributed by atoms with Gasteiger partial charge in [-0.1, -0.05) is 18.2 Å². The number of fused-ring (bicyclic) bond motifs is 1. The molecule has 2 heterocycles. The van der Waals surface area contributed by atoms with Crippen LogP contribution in [0.25, 0.3) is 11.0 Å². The van der Waals surface area contributed by atoms with Crippen molar-refractivity contribution in [3.63, 3.8) is 0 Å². The highest BCUT2D eigenvalue weighted by Crippen LogP contribution is 2.22. The van der Waals surface area contributed by atoms with Gasteiger partial charge in [0.05, 0.1) is 10.3 Å². The molecule has 0 unspecified atom stereocenters. The van der Waals surface area contributed by atoms with E-state index in [9.17, 15) is 4.79 Å². The molecule has 0 aliphatic rings. The van der Waals surface area contributed by atoms with Crippen molar-refractivity contribution >= 4 is 44.1 Å². The van der Waals surface area contributed by atoms with Crippen LogP contribution in [-0.4, -0.2) is 5.91 Å². The Labute approximate surface area is 122 Å². The molecule has 19 heavy (non-hydrogen) atoms. The lowest BCUT2D eigenvalue weighted by Crippen LogP contribution is -2.21. The molecule has 0 spiro atoms. The van der Waals surface area contributed by atoms with Crippen LogP contribution in [0.2, 0.25) is 0 Å². The number of rotatable bonds is 3. The molecular formula is C14H10BrNO2S. The average Bonchev–Trinajstić information content (AvgIpc) is 3.01. The minimum atomic E-state index is -0.194. The van der Waals surface area contributed by atoms with E-state index in [1.165, 1.54) is 0 Å². The number of hydrogen-bond donors (Lipinski definition) is 1. The molecule has 0 bridgehead atoms. The predicted molar refractivity (Wildman–Crippen MR) is 79.4 cm³/mol. The second-order valence-electron chi connectivity index (χ2n) is 4.04. The molecule has 5 heteroatoms. The maximum atomic E-state index is 12.0. The lowest BCUT2D eigenvalue weighted by atomic mass is 10.2. The first-order chi connectivity index (χ1) is 9.22. The van der Waals surface area contributed by atoms with Gasteiger partial charge < -0.3 is 9.73 Å². The Kier molecular flexibility index (Phi) is 3.40. The molecule has 3 aromatic rings. The van der Waals surface area contributed by atoms with Gasteiger partial charge in [-0.15, -0.1) is 11.3 Å². The van der Waals surface area contributed by atoms with Crippen molar-refractivity contribution in [2.45, 2.75) is 6.54 Å². The smallest absolute Gasteiger partial charge is 0.287 e. The number of furan rings is 1. The number of hydrogen-bond acceptors (Lipinski definition) is 3. The molecule has 1 amide bonds. The van der Waals surface area contributed by atoms with E-state index in [1.807, 2.05) is 36.4 Å². The molecule has 0 fully saturated rings. The van der Waals surface area contributed by atoms with E-state index in [-0.39, 0.29) is 5.91 Å². The summed E-state index contributed by atoms with van der Waals surface area (Å²) in [5, 5.41) is 3.78. The molecule has 3 rings (SSSR count). The lowest BCUT2D eigenvalue weighted by Gasteiger charge is -1.99. The van der Waals surface area contributed by atoms with Crippen LogP contribution in [0.4, 0.5) is 0 Å². The Morgan fingerprint density at radius 3 is 2.84 bits per heavy atom. The van der Waals surface area contributed by atoms with Gasteiger partial charge in [-0.25, -0.2) is 0 Å². The fourth-order valence-corrected chi connectivity index (χ4v) is 3.22. The van der Waals surface area contributed by atoms with Crippen molar-refractivity contribution in [1.82, 2.24) is 5.32 Å². The fourth-order valence-electron chi connectivity index (χ4n) is 1.80. The second-order valence-corrected chi connectivity index (χ2v) is 6.58. The quantitative estimate of drug-likeness (QED) is 0.779. The number of halogens is 1. The lowest BCUT2D eigenvalue weighted by molar-refractivity contribution is 0.0926. The Hall–Kier alpha value is -1.59. The summed E-state index contributed by atoms with van der Waals surface area (Å²) in [6.07, 6.45) is 0. The monoisotopic (exact) mass is 335 g/mol. The van der Waals surface area contributed by atoms with Crippen molar-refractivity contribution in [3.05, 3.63) is 56.9 Å². The molecular weight excluding hydrogens is 326 g/mol. The molecule has 1 N–H and O–H groups in total. The van der Waals surface area contributed by atoms with Crippen molar-refractivity contribution in [3.8, 4) is 0 Å². The molecule has 0 saturated carbocycles. The van der Waals surface area contributed by atoms with Crippen molar-refractivity contribution in [2.75, 3.05) is 0 Å². The predicted octanol–water partition coefficient (Wildman–Crippen LogP) is 4.19. The number of para-hydroxylation sites is 1. The first-order valence-corrected chi connectivity index (χ1v) is 7.34. The third-order valence-corrected chi connectivity index (χ3v) is 4.32. The molecule has 3 nitrogen and oxygen atoms in total. The SMILES string of the molecule is O=C(NCc1ccc(Br)s1)c1cc2ccccc2o1. The number of nitrogens with one attached hydrogen (secondary N) is 1. The zero-order chi connectivity index (χ0) is 13.2. The Bertz CT molecular complexity index is 699. The van der Waals surface area contributed by atoms with Crippen molar-refractivity contribution in [2.24, 2.45) is 0 Å². The van der Waals surface area contributed by atoms with Crippen LogP contribution < -0.4 is 5.32 Å². The summed E-state index contributed by atoms with van der Waals surface area (Å²) in [4.78, 5) is 13.1. The Morgan fingerprint density at radius 2 is 2.11 bits per heavy atom. The van der Waals surface area contributed by atoms with Gasteiger partial charge in [-0.2, -0.15) is 0 Å². The number of carbonyl (C=O) groups is 1. The van der Waals surface area contributed by atoms with Crippen LogP contribution in [0.3, 0.4) is 0 Å². The molecule has 0 aliphatic carbocycles. The summed E-state index contributed by atoms with van der Waals surface area (Å²) in [6, 6.07) is 13.3. The highest BCUT2D eigenvalue weighted by atomic mass is 79.9. The first-order valence-electron chi connectivity index (χ1n) is 5.73. The van der Waals surface area contributed by atoms with Gasteiger partial charge in [0.15, 0.2) is 5.76 Å². The normalized spacial score (nSPS) is 10.8. The van der Waals surface area contributed by atoms with E-state index in [2.05, 4.69) is 21.2 Å². The number of carbonyl (C=O) groups excluding carboxylic acids is 1. The maximum Gasteiger partial charge on any atom is 0.287 e. The molecule has 0 radical (unpaired) electrons. The van der Waals surface area contributed by atoms with Crippen LogP contribution in [0.5, 0.6) is 0 Å². The second kappa shape index (κ2) is 5.19. The number of benzene rings is 1. The summed E-state index contributed by atoms with van der Waals surface area (Å²) in [6.45, 7) is 0.506. The van der Waals surface area contributed by atoms with Crippen molar-refractivity contribution in [1.29, 1.82) is 0 Å². The van der Waals surface area contributed by atoms with Gasteiger partial charge in [-0.05, 0) is 40.2 Å². The summed E-state index contributed by atoms with van der Waals surface area (Å²) in [5.74, 6) is 0.151. The van der Waals surface area contributed by atoms with E-state index in [0.717, 1.165) is 19.6 Å². The fraction of sp³-hybridized carbons (Fsp3) is 0.0714. The van der Waals surface area contributed by atoms with Gasteiger partial charge in [0.2, 0.25) is 0 Å². The minimum absolute atomic E-state index is 0.194. The standard InChI is InChI=1S/C14H10BrNO2S/c15-13-6-5-10(19-13)8-16-14(17)12-7-9-3-1-2-4-11(9)18-12/h1-7H,8H2,(H,16,17). The zero-order valence-corrected chi connectivity index (χ0v) is 12.3. The molecule has 0 saturated heterocycles. The van der Waals surface area contributed by atoms with Gasteiger partial charge in [0, 0.05) is 10.3 Å². The molecule has 96 valence electrons. The summed E-state index contributed by atoms with van der Waals surface area (Å²) in [7, 11) is 0. The highest BCUT2D eigenvalue weighted by Gasteiger charge is 2.11.